The molecule has 1 aliphatic rings. The summed E-state index contributed by atoms with van der Waals surface area (Å²) in [4.78, 5) is 11.7. The maximum absolute atomic E-state index is 6.25. The molecule has 1 fully saturated rings. The van der Waals surface area contributed by atoms with E-state index in [1.54, 1.807) is 13.2 Å². The molecular weight excluding hydrogens is 404 g/mol. The lowest BCUT2D eigenvalue weighted by atomic mass is 10.2. The van der Waals surface area contributed by atoms with Gasteiger partial charge in [0.05, 0.1) is 7.11 Å². The van der Waals surface area contributed by atoms with E-state index < -0.39 is 0 Å². The van der Waals surface area contributed by atoms with Crippen molar-refractivity contribution in [2.75, 3.05) is 39.8 Å². The van der Waals surface area contributed by atoms with E-state index in [9.17, 15) is 0 Å². The maximum atomic E-state index is 6.25. The van der Waals surface area contributed by atoms with E-state index in [1.807, 2.05) is 53.2 Å². The van der Waals surface area contributed by atoms with Gasteiger partial charge in [0.25, 0.3) is 0 Å². The Morgan fingerprint density at radius 1 is 0.969 bits per heavy atom. The first kappa shape index (κ1) is 20.4. The lowest BCUT2D eigenvalue weighted by Gasteiger charge is -2.27. The minimum Gasteiger partial charge on any atom is -0.481 e. The van der Waals surface area contributed by atoms with Gasteiger partial charge >= 0.3 is 0 Å². The lowest BCUT2D eigenvalue weighted by Crippen LogP contribution is -2.44. The number of piperazine rings is 1. The Bertz CT molecular complexity index is 1190. The average Bonchev–Trinajstić information content (AvgIpc) is 3.27. The number of fused-ring (bicyclic) bond motifs is 1. The molecule has 0 bridgehead atoms. The number of hydrogen-bond acceptors (Lipinski definition) is 7. The summed E-state index contributed by atoms with van der Waals surface area (Å²) in [6, 6.07) is 17.3. The summed E-state index contributed by atoms with van der Waals surface area (Å²) in [5.74, 6) is 2.24. The largest absolute Gasteiger partial charge is 0.481 e. The minimum atomic E-state index is 0.478. The molecule has 0 spiro atoms. The topological polar surface area (TPSA) is 76.8 Å². The van der Waals surface area contributed by atoms with Crippen molar-refractivity contribution in [1.82, 2.24) is 29.8 Å². The molecule has 0 saturated carbocycles. The van der Waals surface area contributed by atoms with Crippen LogP contribution in [0.4, 0.5) is 0 Å². The Balaban J connectivity index is 1.53. The van der Waals surface area contributed by atoms with Gasteiger partial charge in [0.15, 0.2) is 0 Å². The molecule has 1 saturated heterocycles. The predicted octanol–water partition coefficient (Wildman–Crippen LogP) is 3.04. The van der Waals surface area contributed by atoms with Crippen LogP contribution in [0, 0.1) is 0 Å². The van der Waals surface area contributed by atoms with E-state index in [-0.39, 0.29) is 0 Å². The summed E-state index contributed by atoms with van der Waals surface area (Å²) in [5.41, 5.74) is 2.68. The molecule has 164 valence electrons. The molecule has 0 atom stereocenters. The molecule has 1 aliphatic heterocycles. The van der Waals surface area contributed by atoms with Gasteiger partial charge in [-0.15, -0.1) is 5.10 Å². The fourth-order valence-corrected chi connectivity index (χ4v) is 3.90. The molecule has 3 aromatic heterocycles. The molecule has 4 heterocycles. The zero-order valence-corrected chi connectivity index (χ0v) is 18.1. The van der Waals surface area contributed by atoms with Gasteiger partial charge in [0.2, 0.25) is 17.6 Å². The van der Waals surface area contributed by atoms with Crippen LogP contribution in [0.15, 0.2) is 60.8 Å². The number of methoxy groups -OCH3 is 1. The number of nitrogens with zero attached hydrogens (tertiary/aromatic N) is 5. The van der Waals surface area contributed by atoms with E-state index in [4.69, 9.17) is 19.6 Å². The van der Waals surface area contributed by atoms with Crippen molar-refractivity contribution in [3.05, 3.63) is 66.4 Å². The fourth-order valence-electron chi connectivity index (χ4n) is 3.90. The number of aromatic nitrogens is 4. The molecule has 8 nitrogen and oxygen atoms in total. The van der Waals surface area contributed by atoms with Crippen molar-refractivity contribution in [1.29, 1.82) is 0 Å². The van der Waals surface area contributed by atoms with Crippen molar-refractivity contribution in [2.45, 2.75) is 6.42 Å². The van der Waals surface area contributed by atoms with E-state index in [0.29, 0.717) is 23.3 Å². The lowest BCUT2D eigenvalue weighted by molar-refractivity contribution is 0.244. The van der Waals surface area contributed by atoms with Gasteiger partial charge in [0.1, 0.15) is 17.0 Å². The zero-order valence-electron chi connectivity index (χ0n) is 18.1. The van der Waals surface area contributed by atoms with E-state index in [1.165, 1.54) is 5.56 Å². The fraction of sp³-hybridized carbons (Fsp3) is 0.292. The van der Waals surface area contributed by atoms with Crippen molar-refractivity contribution in [2.24, 2.45) is 0 Å². The third-order valence-electron chi connectivity index (χ3n) is 5.59. The van der Waals surface area contributed by atoms with E-state index in [2.05, 4.69) is 21.3 Å². The summed E-state index contributed by atoms with van der Waals surface area (Å²) >= 11 is 0. The van der Waals surface area contributed by atoms with Crippen molar-refractivity contribution < 1.29 is 9.47 Å². The number of benzene rings is 1. The number of para-hydroxylation sites is 1. The third-order valence-corrected chi connectivity index (χ3v) is 5.59. The van der Waals surface area contributed by atoms with E-state index >= 15 is 0 Å². The van der Waals surface area contributed by atoms with Crippen molar-refractivity contribution in [3.8, 4) is 29.0 Å². The van der Waals surface area contributed by atoms with Crippen LogP contribution in [0.1, 0.15) is 5.56 Å². The van der Waals surface area contributed by atoms with Crippen molar-refractivity contribution in [3.63, 3.8) is 0 Å². The second-order valence-corrected chi connectivity index (χ2v) is 7.70. The summed E-state index contributed by atoms with van der Waals surface area (Å²) in [5, 5.41) is 8.13. The number of pyridine rings is 1. The van der Waals surface area contributed by atoms with Crippen LogP contribution in [0.5, 0.6) is 17.5 Å². The Kier molecular flexibility index (Phi) is 5.96. The summed E-state index contributed by atoms with van der Waals surface area (Å²) in [6.45, 7) is 5.21. The Labute approximate surface area is 186 Å². The van der Waals surface area contributed by atoms with Crippen molar-refractivity contribution >= 4 is 5.52 Å². The number of nitrogens with one attached hydrogen (secondary N) is 1. The standard InChI is InChI=1S/C24H26N6O2/c1-31-21-9-5-8-20(26-21)23-27-24(32-19-6-3-2-4-7-19)22-18(11-15-30(22)28-23)10-14-29-16-12-25-13-17-29/h2-9,11,15,25H,10,12-14,16-17H2,1H3. The molecule has 8 heteroatoms. The van der Waals surface area contributed by atoms with Crippen LogP contribution in [0.2, 0.25) is 0 Å². The Morgan fingerprint density at radius 3 is 2.62 bits per heavy atom. The Hall–Kier alpha value is -3.49. The van der Waals surface area contributed by atoms with Crippen LogP contribution in [0.25, 0.3) is 17.0 Å². The van der Waals surface area contributed by atoms with Gasteiger partial charge in [0, 0.05) is 45.0 Å². The quantitative estimate of drug-likeness (QED) is 0.483. The highest BCUT2D eigenvalue weighted by molar-refractivity contribution is 5.66. The Morgan fingerprint density at radius 2 is 1.81 bits per heavy atom. The van der Waals surface area contributed by atoms with Gasteiger partial charge in [-0.3, -0.25) is 0 Å². The summed E-state index contributed by atoms with van der Waals surface area (Å²) < 4.78 is 13.4. The monoisotopic (exact) mass is 430 g/mol. The van der Waals surface area contributed by atoms with Gasteiger partial charge in [-0.05, 0) is 36.2 Å². The van der Waals surface area contributed by atoms with Crippen LogP contribution < -0.4 is 14.8 Å². The van der Waals surface area contributed by atoms with Gasteiger partial charge in [-0.25, -0.2) is 9.50 Å². The summed E-state index contributed by atoms with van der Waals surface area (Å²) in [6.07, 6.45) is 2.87. The molecule has 0 amide bonds. The highest BCUT2D eigenvalue weighted by Gasteiger charge is 2.18. The van der Waals surface area contributed by atoms with Crippen LogP contribution >= 0.6 is 0 Å². The molecule has 0 aliphatic carbocycles. The third kappa shape index (κ3) is 4.42. The molecular formula is C24H26N6O2. The van der Waals surface area contributed by atoms with E-state index in [0.717, 1.165) is 50.4 Å². The van der Waals surface area contributed by atoms with Crippen LogP contribution in [-0.4, -0.2) is 64.3 Å². The highest BCUT2D eigenvalue weighted by Crippen LogP contribution is 2.29. The molecule has 1 aromatic carbocycles. The van der Waals surface area contributed by atoms with Gasteiger partial charge in [-0.2, -0.15) is 4.98 Å². The molecule has 5 rings (SSSR count). The first-order valence-electron chi connectivity index (χ1n) is 10.9. The first-order chi connectivity index (χ1) is 15.8. The smallest absolute Gasteiger partial charge is 0.247 e. The van der Waals surface area contributed by atoms with Crippen LogP contribution in [-0.2, 0) is 6.42 Å². The molecule has 4 aromatic rings. The number of rotatable bonds is 7. The number of ether oxygens (including phenoxy) is 2. The average molecular weight is 431 g/mol. The van der Waals surface area contributed by atoms with Gasteiger partial charge < -0.3 is 19.7 Å². The maximum Gasteiger partial charge on any atom is 0.247 e. The second kappa shape index (κ2) is 9.33. The van der Waals surface area contributed by atoms with Gasteiger partial charge in [-0.1, -0.05) is 24.3 Å². The molecule has 32 heavy (non-hydrogen) atoms. The molecule has 0 unspecified atom stereocenters. The number of hydrogen-bond donors (Lipinski definition) is 1. The minimum absolute atomic E-state index is 0.478. The normalized spacial score (nSPS) is 14.5. The zero-order chi connectivity index (χ0) is 21.8. The molecule has 1 N–H and O–H groups in total. The molecule has 0 radical (unpaired) electrons. The highest BCUT2D eigenvalue weighted by atomic mass is 16.5. The first-order valence-corrected chi connectivity index (χ1v) is 10.9. The second-order valence-electron chi connectivity index (χ2n) is 7.70. The summed E-state index contributed by atoms with van der Waals surface area (Å²) in [7, 11) is 1.59. The predicted molar refractivity (Wildman–Crippen MR) is 122 cm³/mol. The SMILES string of the molecule is COc1cccc(-c2nc(Oc3ccccc3)c3c(CCN4CCNCC4)ccn3n2)n1. The van der Waals surface area contributed by atoms with Crippen LogP contribution in [0.3, 0.4) is 0 Å².